The van der Waals surface area contributed by atoms with Crippen molar-refractivity contribution < 1.29 is 4.39 Å². The molecule has 2 aromatic rings. The van der Waals surface area contributed by atoms with E-state index in [0.717, 1.165) is 5.56 Å². The summed E-state index contributed by atoms with van der Waals surface area (Å²) in [7, 11) is 1.80. The number of benzene rings is 1. The molecule has 0 radical (unpaired) electrons. The zero-order chi connectivity index (χ0) is 10.1. The molecule has 16 heavy (non-hydrogen) atoms. The van der Waals surface area contributed by atoms with Crippen LogP contribution in [0.4, 0.5) is 10.1 Å². The van der Waals surface area contributed by atoms with Gasteiger partial charge in [-0.05, 0) is 18.2 Å². The van der Waals surface area contributed by atoms with Gasteiger partial charge < -0.3 is 5.73 Å². The number of aromatic nitrogens is 2. The lowest BCUT2D eigenvalue weighted by atomic mass is 10.1. The van der Waals surface area contributed by atoms with Crippen LogP contribution in [0.1, 0.15) is 0 Å². The minimum absolute atomic E-state index is 0. The van der Waals surface area contributed by atoms with Crippen LogP contribution in [0.3, 0.4) is 0 Å². The van der Waals surface area contributed by atoms with Gasteiger partial charge in [0.2, 0.25) is 0 Å². The molecule has 0 spiro atoms. The number of hydrogen-bond acceptors (Lipinski definition) is 2. The highest BCUT2D eigenvalue weighted by Crippen LogP contribution is 2.25. The second-order valence-corrected chi connectivity index (χ2v) is 3.13. The first-order valence-corrected chi connectivity index (χ1v) is 4.21. The predicted octanol–water partition coefficient (Wildman–Crippen LogP) is 2.65. The Morgan fingerprint density at radius 1 is 1.31 bits per heavy atom. The van der Waals surface area contributed by atoms with Crippen LogP contribution in [0.25, 0.3) is 11.1 Å². The Bertz CT molecular complexity index is 471. The third-order valence-electron chi connectivity index (χ3n) is 2.03. The maximum absolute atomic E-state index is 13.0. The second-order valence-electron chi connectivity index (χ2n) is 3.13. The van der Waals surface area contributed by atoms with Gasteiger partial charge in [0, 0.05) is 30.1 Å². The van der Waals surface area contributed by atoms with E-state index in [1.807, 2.05) is 0 Å². The van der Waals surface area contributed by atoms with Crippen molar-refractivity contribution in [3.8, 4) is 11.1 Å². The van der Waals surface area contributed by atoms with E-state index in [9.17, 15) is 4.39 Å². The molecule has 0 aliphatic rings. The van der Waals surface area contributed by atoms with E-state index in [2.05, 4.69) is 5.10 Å². The molecule has 0 saturated heterocycles. The average molecular weight is 264 g/mol. The maximum atomic E-state index is 13.0. The van der Waals surface area contributed by atoms with Gasteiger partial charge in [0.15, 0.2) is 0 Å². The lowest BCUT2D eigenvalue weighted by Crippen LogP contribution is -1.90. The van der Waals surface area contributed by atoms with Gasteiger partial charge >= 0.3 is 0 Å². The Morgan fingerprint density at radius 3 is 2.56 bits per heavy atom. The molecule has 0 bridgehead atoms. The van der Waals surface area contributed by atoms with Crippen molar-refractivity contribution in [1.29, 1.82) is 0 Å². The molecule has 1 aromatic carbocycles. The highest BCUT2D eigenvalue weighted by molar-refractivity contribution is 5.85. The fourth-order valence-electron chi connectivity index (χ4n) is 1.34. The molecule has 1 aromatic heterocycles. The van der Waals surface area contributed by atoms with Gasteiger partial charge in [0.05, 0.1) is 6.20 Å². The number of hydrogen-bond donors (Lipinski definition) is 1. The van der Waals surface area contributed by atoms with Crippen molar-refractivity contribution in [3.05, 3.63) is 36.4 Å². The first-order chi connectivity index (χ1) is 6.66. The summed E-state index contributed by atoms with van der Waals surface area (Å²) in [5.41, 5.74) is 7.78. The summed E-state index contributed by atoms with van der Waals surface area (Å²) in [6.45, 7) is 0. The SMILES string of the molecule is Cl.Cl.Cn1cc(-c2cc(F)ccc2N)cn1. The van der Waals surface area contributed by atoms with Crippen molar-refractivity contribution >= 4 is 30.5 Å². The van der Waals surface area contributed by atoms with Crippen molar-refractivity contribution in [2.45, 2.75) is 0 Å². The zero-order valence-electron chi connectivity index (χ0n) is 8.55. The molecule has 0 aliphatic carbocycles. The van der Waals surface area contributed by atoms with Crippen LogP contribution in [-0.2, 0) is 7.05 Å². The summed E-state index contributed by atoms with van der Waals surface area (Å²) in [6.07, 6.45) is 3.45. The second kappa shape index (κ2) is 5.72. The number of nitrogens with two attached hydrogens (primary N) is 1. The van der Waals surface area contributed by atoms with E-state index in [1.165, 1.54) is 12.1 Å². The van der Waals surface area contributed by atoms with Crippen molar-refractivity contribution in [1.82, 2.24) is 9.78 Å². The van der Waals surface area contributed by atoms with Crippen LogP contribution >= 0.6 is 24.8 Å². The molecule has 0 aliphatic heterocycles. The largest absolute Gasteiger partial charge is 0.398 e. The fourth-order valence-corrected chi connectivity index (χ4v) is 1.34. The molecule has 2 N–H and O–H groups in total. The third kappa shape index (κ3) is 2.87. The van der Waals surface area contributed by atoms with Gasteiger partial charge in [0.1, 0.15) is 5.82 Å². The highest BCUT2D eigenvalue weighted by atomic mass is 35.5. The summed E-state index contributed by atoms with van der Waals surface area (Å²) in [6, 6.07) is 4.30. The molecule has 88 valence electrons. The van der Waals surface area contributed by atoms with Gasteiger partial charge in [-0.2, -0.15) is 5.10 Å². The molecular formula is C10H12Cl2FN3. The van der Waals surface area contributed by atoms with Crippen LogP contribution in [0.5, 0.6) is 0 Å². The van der Waals surface area contributed by atoms with E-state index in [0.29, 0.717) is 11.3 Å². The Morgan fingerprint density at radius 2 is 2.00 bits per heavy atom. The topological polar surface area (TPSA) is 43.8 Å². The Balaban J connectivity index is 0.00000112. The molecule has 0 atom stereocenters. The molecule has 2 rings (SSSR count). The van der Waals surface area contributed by atoms with E-state index in [1.54, 1.807) is 30.2 Å². The molecule has 0 amide bonds. The number of halogens is 3. The van der Waals surface area contributed by atoms with Gasteiger partial charge in [-0.3, -0.25) is 4.68 Å². The molecular weight excluding hydrogens is 252 g/mol. The zero-order valence-corrected chi connectivity index (χ0v) is 10.2. The third-order valence-corrected chi connectivity index (χ3v) is 2.03. The summed E-state index contributed by atoms with van der Waals surface area (Å²) in [5, 5.41) is 4.00. The smallest absolute Gasteiger partial charge is 0.123 e. The van der Waals surface area contributed by atoms with E-state index < -0.39 is 0 Å². The number of anilines is 1. The van der Waals surface area contributed by atoms with Gasteiger partial charge in [-0.25, -0.2) is 4.39 Å². The molecule has 1 heterocycles. The van der Waals surface area contributed by atoms with E-state index >= 15 is 0 Å². The summed E-state index contributed by atoms with van der Waals surface area (Å²) in [5.74, 6) is -0.293. The summed E-state index contributed by atoms with van der Waals surface area (Å²) >= 11 is 0. The molecule has 3 nitrogen and oxygen atoms in total. The molecule has 0 saturated carbocycles. The van der Waals surface area contributed by atoms with Crippen LogP contribution < -0.4 is 5.73 Å². The van der Waals surface area contributed by atoms with Crippen molar-refractivity contribution in [3.63, 3.8) is 0 Å². The maximum Gasteiger partial charge on any atom is 0.123 e. The average Bonchev–Trinajstić information content (AvgIpc) is 2.56. The first-order valence-electron chi connectivity index (χ1n) is 4.21. The van der Waals surface area contributed by atoms with Crippen LogP contribution in [0, 0.1) is 5.82 Å². The van der Waals surface area contributed by atoms with Gasteiger partial charge in [0.25, 0.3) is 0 Å². The van der Waals surface area contributed by atoms with Crippen LogP contribution in [0.15, 0.2) is 30.6 Å². The summed E-state index contributed by atoms with van der Waals surface area (Å²) < 4.78 is 14.6. The van der Waals surface area contributed by atoms with Crippen molar-refractivity contribution in [2.24, 2.45) is 7.05 Å². The number of rotatable bonds is 1. The van der Waals surface area contributed by atoms with Crippen LogP contribution in [0.2, 0.25) is 0 Å². The standard InChI is InChI=1S/C10H10FN3.2ClH/c1-14-6-7(5-13-14)9-4-8(11)2-3-10(9)12;;/h2-6H,12H2,1H3;2*1H. The van der Waals surface area contributed by atoms with Gasteiger partial charge in [-0.15, -0.1) is 24.8 Å². The number of aryl methyl sites for hydroxylation is 1. The predicted molar refractivity (Wildman–Crippen MR) is 67.5 cm³/mol. The summed E-state index contributed by atoms with van der Waals surface area (Å²) in [4.78, 5) is 0. The minimum atomic E-state index is -0.293. The van der Waals surface area contributed by atoms with Gasteiger partial charge in [-0.1, -0.05) is 0 Å². The molecule has 0 fully saturated rings. The first kappa shape index (κ1) is 14.7. The molecule has 6 heteroatoms. The Hall–Kier alpha value is -1.26. The fraction of sp³-hybridized carbons (Fsp3) is 0.100. The minimum Gasteiger partial charge on any atom is -0.398 e. The van der Waals surface area contributed by atoms with Crippen LogP contribution in [-0.4, -0.2) is 9.78 Å². The Kier molecular flexibility index (Phi) is 5.27. The molecule has 0 unspecified atom stereocenters. The normalized spacial score (nSPS) is 9.12. The van der Waals surface area contributed by atoms with E-state index in [4.69, 9.17) is 5.73 Å². The van der Waals surface area contributed by atoms with E-state index in [-0.39, 0.29) is 30.6 Å². The number of nitrogen functional groups attached to an aromatic ring is 1. The highest BCUT2D eigenvalue weighted by Gasteiger charge is 2.05. The lowest BCUT2D eigenvalue weighted by Gasteiger charge is -2.01. The quantitative estimate of drug-likeness (QED) is 0.805. The van der Waals surface area contributed by atoms with Crippen molar-refractivity contribution in [2.75, 3.05) is 5.73 Å². The lowest BCUT2D eigenvalue weighted by molar-refractivity contribution is 0.628. The Labute approximate surface area is 105 Å². The monoisotopic (exact) mass is 263 g/mol. The number of nitrogens with zero attached hydrogens (tertiary/aromatic N) is 2.